The molecule has 4 amide bonds. The molecule has 0 bridgehead atoms. The van der Waals surface area contributed by atoms with Crippen molar-refractivity contribution in [1.82, 2.24) is 25.8 Å². The third kappa shape index (κ3) is 13.1. The van der Waals surface area contributed by atoms with Crippen LogP contribution in [0.1, 0.15) is 114 Å². The lowest BCUT2D eigenvalue weighted by Gasteiger charge is -2.45. The summed E-state index contributed by atoms with van der Waals surface area (Å²) >= 11 is 3.25. The van der Waals surface area contributed by atoms with Crippen LogP contribution in [0.15, 0.2) is 121 Å². The van der Waals surface area contributed by atoms with Gasteiger partial charge >= 0.3 is 6.09 Å². The summed E-state index contributed by atoms with van der Waals surface area (Å²) < 4.78 is 3.65. The van der Waals surface area contributed by atoms with Crippen molar-refractivity contribution in [2.24, 2.45) is 0 Å². The van der Waals surface area contributed by atoms with E-state index in [2.05, 4.69) is 57.3 Å². The normalized spacial score (nSPS) is 14.7. The highest BCUT2D eigenvalue weighted by Gasteiger charge is 2.49. The first-order valence-corrected chi connectivity index (χ1v) is 24.6. The van der Waals surface area contributed by atoms with E-state index < -0.39 is 33.3 Å². The van der Waals surface area contributed by atoms with Crippen LogP contribution in [0, 0.1) is 6.92 Å². The van der Waals surface area contributed by atoms with Crippen LogP contribution in [0.2, 0.25) is 0 Å². The molecule has 10 nitrogen and oxygen atoms in total. The Morgan fingerprint density at radius 3 is 1.89 bits per heavy atom. The van der Waals surface area contributed by atoms with Crippen LogP contribution < -0.4 is 16.0 Å². The van der Waals surface area contributed by atoms with Crippen LogP contribution in [-0.2, 0) is 30.4 Å². The van der Waals surface area contributed by atoms with Gasteiger partial charge in [-0.15, -0.1) is 23.1 Å². The Bertz CT molecular complexity index is 2220. The van der Waals surface area contributed by atoms with E-state index in [1.54, 1.807) is 28.0 Å². The molecule has 1 fully saturated rings. The van der Waals surface area contributed by atoms with Gasteiger partial charge in [0.15, 0.2) is 0 Å². The Kier molecular flexibility index (Phi) is 17.1. The molecular weight excluding hydrogens is 851 g/mol. The minimum atomic E-state index is -0.967. The summed E-state index contributed by atoms with van der Waals surface area (Å²) in [7, 11) is 0. The molecule has 2 atom stereocenters. The molecule has 0 saturated carbocycles. The van der Waals surface area contributed by atoms with Crippen LogP contribution in [0.3, 0.4) is 0 Å². The summed E-state index contributed by atoms with van der Waals surface area (Å²) in [6, 6.07) is 37.5. The summed E-state index contributed by atoms with van der Waals surface area (Å²) in [5.41, 5.74) is 7.46. The molecule has 0 spiro atoms. The molecule has 5 aromatic rings. The highest BCUT2D eigenvalue weighted by Crippen LogP contribution is 2.54. The molecule has 0 unspecified atom stereocenters. The number of rotatable bonds is 20. The highest BCUT2D eigenvalue weighted by atomic mass is 32.2. The number of aryl methyl sites for hydroxylation is 1. The Morgan fingerprint density at radius 1 is 0.769 bits per heavy atom. The van der Waals surface area contributed by atoms with E-state index in [1.807, 2.05) is 126 Å². The van der Waals surface area contributed by atoms with Gasteiger partial charge < -0.3 is 25.6 Å². The number of hydrogen-bond donors (Lipinski definition) is 3. The molecule has 1 aliphatic rings. The van der Waals surface area contributed by atoms with Crippen LogP contribution in [0.25, 0.3) is 10.4 Å². The molecule has 344 valence electrons. The molecule has 1 saturated heterocycles. The molecule has 4 aromatic carbocycles. The van der Waals surface area contributed by atoms with Gasteiger partial charge in [0, 0.05) is 30.8 Å². The summed E-state index contributed by atoms with van der Waals surface area (Å²) in [6.07, 6.45) is 5.15. The maximum atomic E-state index is 15.3. The van der Waals surface area contributed by atoms with E-state index >= 15 is 4.79 Å². The molecule has 3 N–H and O–H groups in total. The lowest BCUT2D eigenvalue weighted by molar-refractivity contribution is -0.142. The van der Waals surface area contributed by atoms with E-state index in [0.29, 0.717) is 38.9 Å². The van der Waals surface area contributed by atoms with E-state index in [-0.39, 0.29) is 24.1 Å². The minimum Gasteiger partial charge on any atom is -0.444 e. The topological polar surface area (TPSA) is 130 Å². The number of carbonyl (C=O) groups is 4. The fourth-order valence-electron chi connectivity index (χ4n) is 8.49. The lowest BCUT2D eigenvalue weighted by Crippen LogP contribution is -2.60. The number of nitrogens with one attached hydrogen (secondary N) is 3. The number of likely N-dealkylation sites (tertiary alicyclic amines) is 1. The number of hydrogen-bond acceptors (Lipinski definition) is 8. The number of carbonyl (C=O) groups excluding carboxylic acids is 4. The molecule has 6 rings (SSSR count). The largest absolute Gasteiger partial charge is 0.444 e. The predicted molar refractivity (Wildman–Crippen MR) is 264 cm³/mol. The zero-order valence-corrected chi connectivity index (χ0v) is 40.4. The fourth-order valence-corrected chi connectivity index (χ4v) is 11.1. The van der Waals surface area contributed by atoms with E-state index in [1.165, 1.54) is 0 Å². The van der Waals surface area contributed by atoms with E-state index in [9.17, 15) is 14.4 Å². The number of alkyl carbamates (subject to hydrolysis) is 1. The standard InChI is InChI=1S/C53H65N5O5S2/c1-38-46(64-37-56-38)40-32-30-39(31-33-40)36-55-48(60)44-28-21-35-58(44)49(61)47(57-45(59)29-19-8-7-9-20-34-54-50(62)63-51(2,3)4)52(5,6)65-53(41-22-13-10-14-23-41,42-24-15-11-16-25-42)43-26-17-12-18-27-43/h10-18,22-27,30-33,37,44,47H,7-9,19-21,28-29,34-36H2,1-6H3,(H,54,62)(H,55,60)(H,57,59)/t44-,47+/m0/s1. The summed E-state index contributed by atoms with van der Waals surface area (Å²) in [5, 5.41) is 9.17. The average Bonchev–Trinajstić information content (AvgIpc) is 3.97. The van der Waals surface area contributed by atoms with Gasteiger partial charge in [-0.25, -0.2) is 9.78 Å². The van der Waals surface area contributed by atoms with Crippen LogP contribution >= 0.6 is 23.1 Å². The smallest absolute Gasteiger partial charge is 0.407 e. The van der Waals surface area contributed by atoms with Gasteiger partial charge in [0.2, 0.25) is 17.7 Å². The van der Waals surface area contributed by atoms with Crippen molar-refractivity contribution >= 4 is 46.9 Å². The van der Waals surface area contributed by atoms with Crippen molar-refractivity contribution in [2.75, 3.05) is 13.1 Å². The first kappa shape index (κ1) is 49.0. The molecular formula is C53H65N5O5S2. The van der Waals surface area contributed by atoms with Crippen LogP contribution in [-0.4, -0.2) is 69.2 Å². The summed E-state index contributed by atoms with van der Waals surface area (Å²) in [5.74, 6) is -0.675. The average molecular weight is 916 g/mol. The van der Waals surface area contributed by atoms with Crippen LogP contribution in [0.5, 0.6) is 0 Å². The minimum absolute atomic E-state index is 0.203. The number of amides is 4. The Morgan fingerprint density at radius 2 is 1.34 bits per heavy atom. The second-order valence-electron chi connectivity index (χ2n) is 18.3. The first-order valence-electron chi connectivity index (χ1n) is 22.9. The van der Waals surface area contributed by atoms with Crippen molar-refractivity contribution in [2.45, 2.75) is 127 Å². The molecule has 0 radical (unpaired) electrons. The third-order valence-corrected chi connectivity index (χ3v) is 14.5. The number of nitrogens with zero attached hydrogens (tertiary/aromatic N) is 2. The molecule has 2 heterocycles. The predicted octanol–water partition coefficient (Wildman–Crippen LogP) is 10.6. The molecule has 12 heteroatoms. The molecule has 1 aromatic heterocycles. The van der Waals surface area contributed by atoms with Gasteiger partial charge in [0.25, 0.3) is 0 Å². The molecule has 1 aliphatic heterocycles. The second kappa shape index (κ2) is 22.6. The fraction of sp³-hybridized carbons (Fsp3) is 0.415. The van der Waals surface area contributed by atoms with E-state index in [0.717, 1.165) is 64.1 Å². The number of benzene rings is 4. The maximum Gasteiger partial charge on any atom is 0.407 e. The van der Waals surface area contributed by atoms with Gasteiger partial charge in [0.1, 0.15) is 17.7 Å². The van der Waals surface area contributed by atoms with Crippen molar-refractivity contribution < 1.29 is 23.9 Å². The SMILES string of the molecule is Cc1ncsc1-c1ccc(CNC(=O)[C@@H]2CCCN2C(=O)[C@@H](NC(=O)CCCCCCCNC(=O)OC(C)(C)C)C(C)(C)SC(c2ccccc2)(c2ccccc2)c2ccccc2)cc1. The summed E-state index contributed by atoms with van der Waals surface area (Å²) in [6.45, 7) is 12.9. The number of thioether (sulfide) groups is 1. The molecule has 0 aliphatic carbocycles. The number of thiazole rings is 1. The third-order valence-electron chi connectivity index (χ3n) is 11.7. The van der Waals surface area contributed by atoms with Gasteiger partial charge in [-0.1, -0.05) is 135 Å². The van der Waals surface area contributed by atoms with Gasteiger partial charge in [-0.2, -0.15) is 0 Å². The Balaban J connectivity index is 1.21. The zero-order valence-electron chi connectivity index (χ0n) is 38.7. The van der Waals surface area contributed by atoms with Crippen molar-refractivity contribution in [3.63, 3.8) is 0 Å². The van der Waals surface area contributed by atoms with Crippen molar-refractivity contribution in [3.05, 3.63) is 149 Å². The quantitative estimate of drug-likeness (QED) is 0.0524. The first-order chi connectivity index (χ1) is 31.2. The summed E-state index contributed by atoms with van der Waals surface area (Å²) in [4.78, 5) is 62.6. The Hall–Kier alpha value is -5.46. The monoisotopic (exact) mass is 915 g/mol. The maximum absolute atomic E-state index is 15.3. The van der Waals surface area contributed by atoms with Crippen molar-refractivity contribution in [3.8, 4) is 10.4 Å². The molecule has 65 heavy (non-hydrogen) atoms. The Labute approximate surface area is 393 Å². The zero-order chi connectivity index (χ0) is 46.5. The van der Waals surface area contributed by atoms with Crippen LogP contribution in [0.4, 0.5) is 4.79 Å². The highest BCUT2D eigenvalue weighted by molar-refractivity contribution is 8.02. The van der Waals surface area contributed by atoms with Crippen molar-refractivity contribution in [1.29, 1.82) is 0 Å². The van der Waals surface area contributed by atoms with Gasteiger partial charge in [-0.3, -0.25) is 14.4 Å². The number of aromatic nitrogens is 1. The van der Waals surface area contributed by atoms with Gasteiger partial charge in [0.05, 0.1) is 20.8 Å². The lowest BCUT2D eigenvalue weighted by atomic mass is 9.84. The second-order valence-corrected chi connectivity index (χ2v) is 21.0. The van der Waals surface area contributed by atoms with Gasteiger partial charge in [-0.05, 0) is 95.0 Å². The van der Waals surface area contributed by atoms with E-state index in [4.69, 9.17) is 4.74 Å². The number of ether oxygens (including phenoxy) is 1. The number of unbranched alkanes of at least 4 members (excludes halogenated alkanes) is 4.